The van der Waals surface area contributed by atoms with Gasteiger partial charge in [0.25, 0.3) is 5.91 Å². The molecule has 5 nitrogen and oxygen atoms in total. The quantitative estimate of drug-likeness (QED) is 0.944. The normalized spacial score (nSPS) is 17.9. The van der Waals surface area contributed by atoms with Gasteiger partial charge in [0.15, 0.2) is 0 Å². The zero-order valence-electron chi connectivity index (χ0n) is 11.5. The van der Waals surface area contributed by atoms with Gasteiger partial charge in [0.1, 0.15) is 5.15 Å². The standard InChI is InChI=1S/C15H16ClN3O2/c16-14-13(15(20)17-9-12-7-4-8-21-12)10-18-19(14)11-5-2-1-3-6-11/h1-3,5-6,10,12H,4,7-9H2,(H,17,20). The fourth-order valence-electron chi connectivity index (χ4n) is 2.34. The van der Waals surface area contributed by atoms with E-state index >= 15 is 0 Å². The molecule has 2 aromatic rings. The molecule has 1 amide bonds. The topological polar surface area (TPSA) is 56.1 Å². The molecule has 1 unspecified atom stereocenters. The number of carbonyl (C=O) groups excluding carboxylic acids is 1. The second-order valence-electron chi connectivity index (χ2n) is 4.94. The van der Waals surface area contributed by atoms with Crippen molar-refractivity contribution in [1.29, 1.82) is 0 Å². The van der Waals surface area contributed by atoms with Crippen molar-refractivity contribution in [2.45, 2.75) is 18.9 Å². The van der Waals surface area contributed by atoms with Crippen LogP contribution >= 0.6 is 11.6 Å². The van der Waals surface area contributed by atoms with Crippen molar-refractivity contribution in [1.82, 2.24) is 15.1 Å². The van der Waals surface area contributed by atoms with E-state index in [1.165, 1.54) is 6.20 Å². The van der Waals surface area contributed by atoms with Crippen LogP contribution in [0, 0.1) is 0 Å². The number of aromatic nitrogens is 2. The van der Waals surface area contributed by atoms with Crippen LogP contribution < -0.4 is 5.32 Å². The summed E-state index contributed by atoms with van der Waals surface area (Å²) in [6.45, 7) is 1.28. The molecule has 1 atom stereocenters. The van der Waals surface area contributed by atoms with Crippen molar-refractivity contribution < 1.29 is 9.53 Å². The lowest BCUT2D eigenvalue weighted by Gasteiger charge is -2.10. The van der Waals surface area contributed by atoms with E-state index in [0.717, 1.165) is 25.1 Å². The Morgan fingerprint density at radius 3 is 2.95 bits per heavy atom. The van der Waals surface area contributed by atoms with Crippen molar-refractivity contribution in [3.05, 3.63) is 47.2 Å². The first-order valence-corrected chi connectivity index (χ1v) is 7.32. The van der Waals surface area contributed by atoms with Crippen molar-refractivity contribution in [3.63, 3.8) is 0 Å². The lowest BCUT2D eigenvalue weighted by Crippen LogP contribution is -2.31. The zero-order valence-corrected chi connectivity index (χ0v) is 12.2. The summed E-state index contributed by atoms with van der Waals surface area (Å²) >= 11 is 6.26. The van der Waals surface area contributed by atoms with E-state index in [2.05, 4.69) is 10.4 Å². The Balaban J connectivity index is 1.71. The summed E-state index contributed by atoms with van der Waals surface area (Å²) in [5.41, 5.74) is 1.19. The van der Waals surface area contributed by atoms with Gasteiger partial charge in [-0.2, -0.15) is 5.10 Å². The molecule has 1 fully saturated rings. The number of rotatable bonds is 4. The number of ether oxygens (including phenoxy) is 1. The summed E-state index contributed by atoms with van der Waals surface area (Å²) < 4.78 is 7.02. The summed E-state index contributed by atoms with van der Waals surface area (Å²) in [5.74, 6) is -0.224. The fourth-order valence-corrected chi connectivity index (χ4v) is 2.62. The van der Waals surface area contributed by atoms with E-state index in [4.69, 9.17) is 16.3 Å². The van der Waals surface area contributed by atoms with Crippen molar-refractivity contribution in [2.24, 2.45) is 0 Å². The number of benzene rings is 1. The Hall–Kier alpha value is -1.85. The summed E-state index contributed by atoms with van der Waals surface area (Å²) in [6.07, 6.45) is 3.63. The molecule has 1 aromatic carbocycles. The van der Waals surface area contributed by atoms with Gasteiger partial charge in [-0.05, 0) is 25.0 Å². The van der Waals surface area contributed by atoms with E-state index in [-0.39, 0.29) is 12.0 Å². The van der Waals surface area contributed by atoms with Gasteiger partial charge in [-0.25, -0.2) is 4.68 Å². The maximum Gasteiger partial charge on any atom is 0.256 e. The molecule has 1 N–H and O–H groups in total. The smallest absolute Gasteiger partial charge is 0.256 e. The molecule has 1 saturated heterocycles. The van der Waals surface area contributed by atoms with E-state index in [1.54, 1.807) is 4.68 Å². The maximum absolute atomic E-state index is 12.2. The molecule has 21 heavy (non-hydrogen) atoms. The molecule has 0 spiro atoms. The summed E-state index contributed by atoms with van der Waals surface area (Å²) in [4.78, 5) is 12.2. The van der Waals surface area contributed by atoms with Crippen LogP contribution in [-0.4, -0.2) is 34.9 Å². The average Bonchev–Trinajstić information content (AvgIpc) is 3.15. The third-order valence-corrected chi connectivity index (χ3v) is 3.83. The summed E-state index contributed by atoms with van der Waals surface area (Å²) in [6, 6.07) is 9.46. The van der Waals surface area contributed by atoms with Gasteiger partial charge in [-0.3, -0.25) is 4.79 Å². The Kier molecular flexibility index (Phi) is 4.22. The Morgan fingerprint density at radius 2 is 2.24 bits per heavy atom. The highest BCUT2D eigenvalue weighted by Gasteiger charge is 2.20. The Bertz CT molecular complexity index is 621. The van der Waals surface area contributed by atoms with Crippen molar-refractivity contribution >= 4 is 17.5 Å². The minimum atomic E-state index is -0.224. The third-order valence-electron chi connectivity index (χ3n) is 3.47. The van der Waals surface area contributed by atoms with Crippen LogP contribution in [0.15, 0.2) is 36.5 Å². The predicted molar refractivity (Wildman–Crippen MR) is 79.9 cm³/mol. The van der Waals surface area contributed by atoms with Crippen LogP contribution in [0.1, 0.15) is 23.2 Å². The van der Waals surface area contributed by atoms with Gasteiger partial charge >= 0.3 is 0 Å². The minimum Gasteiger partial charge on any atom is -0.376 e. The minimum absolute atomic E-state index is 0.108. The van der Waals surface area contributed by atoms with E-state index in [9.17, 15) is 4.79 Å². The van der Waals surface area contributed by atoms with Gasteiger partial charge in [0, 0.05) is 13.2 Å². The maximum atomic E-state index is 12.2. The molecule has 2 heterocycles. The number of nitrogens with one attached hydrogen (secondary N) is 1. The highest BCUT2D eigenvalue weighted by molar-refractivity contribution is 6.33. The third kappa shape index (κ3) is 3.09. The molecule has 6 heteroatoms. The first kappa shape index (κ1) is 14.1. The Morgan fingerprint density at radius 1 is 1.43 bits per heavy atom. The van der Waals surface area contributed by atoms with Gasteiger partial charge in [0.2, 0.25) is 0 Å². The van der Waals surface area contributed by atoms with Crippen LogP contribution in [0.4, 0.5) is 0 Å². The van der Waals surface area contributed by atoms with E-state index < -0.39 is 0 Å². The first-order chi connectivity index (χ1) is 10.3. The molecule has 3 rings (SSSR count). The lowest BCUT2D eigenvalue weighted by molar-refractivity contribution is 0.0858. The number of hydrogen-bond donors (Lipinski definition) is 1. The van der Waals surface area contributed by atoms with Gasteiger partial charge in [-0.15, -0.1) is 0 Å². The molecule has 1 aliphatic rings. The average molecular weight is 306 g/mol. The van der Waals surface area contributed by atoms with Crippen LogP contribution in [-0.2, 0) is 4.74 Å². The monoisotopic (exact) mass is 305 g/mol. The molecule has 0 bridgehead atoms. The Labute approximate surface area is 127 Å². The molecule has 110 valence electrons. The second-order valence-corrected chi connectivity index (χ2v) is 5.30. The van der Waals surface area contributed by atoms with Gasteiger partial charge in [0.05, 0.1) is 23.6 Å². The van der Waals surface area contributed by atoms with Crippen LogP contribution in [0.3, 0.4) is 0 Å². The molecule has 1 aliphatic heterocycles. The molecule has 0 radical (unpaired) electrons. The highest BCUT2D eigenvalue weighted by atomic mass is 35.5. The molecular formula is C15H16ClN3O2. The molecule has 0 aliphatic carbocycles. The highest BCUT2D eigenvalue weighted by Crippen LogP contribution is 2.20. The van der Waals surface area contributed by atoms with Crippen LogP contribution in [0.25, 0.3) is 5.69 Å². The van der Waals surface area contributed by atoms with Gasteiger partial charge in [-0.1, -0.05) is 29.8 Å². The number of carbonyl (C=O) groups is 1. The summed E-state index contributed by atoms with van der Waals surface area (Å²) in [7, 11) is 0. The van der Waals surface area contributed by atoms with Crippen LogP contribution in [0.5, 0.6) is 0 Å². The molecule has 1 aromatic heterocycles. The second kappa shape index (κ2) is 6.28. The predicted octanol–water partition coefficient (Wildman–Crippen LogP) is 2.43. The summed E-state index contributed by atoms with van der Waals surface area (Å²) in [5, 5.41) is 7.34. The van der Waals surface area contributed by atoms with Crippen molar-refractivity contribution in [3.8, 4) is 5.69 Å². The van der Waals surface area contributed by atoms with Gasteiger partial charge < -0.3 is 10.1 Å². The first-order valence-electron chi connectivity index (χ1n) is 6.94. The largest absolute Gasteiger partial charge is 0.376 e. The zero-order chi connectivity index (χ0) is 14.7. The number of nitrogens with zero attached hydrogens (tertiary/aromatic N) is 2. The molecular weight excluding hydrogens is 290 g/mol. The SMILES string of the molecule is O=C(NCC1CCCO1)c1cnn(-c2ccccc2)c1Cl. The number of halogens is 1. The number of para-hydroxylation sites is 1. The number of amides is 1. The number of hydrogen-bond acceptors (Lipinski definition) is 3. The van der Waals surface area contributed by atoms with Crippen LogP contribution in [0.2, 0.25) is 5.15 Å². The van der Waals surface area contributed by atoms with E-state index in [1.807, 2.05) is 30.3 Å². The lowest BCUT2D eigenvalue weighted by atomic mass is 10.2. The van der Waals surface area contributed by atoms with Crippen molar-refractivity contribution in [2.75, 3.05) is 13.2 Å². The molecule has 0 saturated carbocycles. The fraction of sp³-hybridized carbons (Fsp3) is 0.333. The van der Waals surface area contributed by atoms with E-state index in [0.29, 0.717) is 17.3 Å².